The highest BCUT2D eigenvalue weighted by atomic mass is 127. The van der Waals surface area contributed by atoms with Gasteiger partial charge in [0.15, 0.2) is 5.96 Å². The molecule has 2 atom stereocenters. The van der Waals surface area contributed by atoms with Gasteiger partial charge in [-0.15, -0.1) is 35.3 Å². The van der Waals surface area contributed by atoms with Gasteiger partial charge in [-0.05, 0) is 29.9 Å². The second kappa shape index (κ2) is 8.53. The highest BCUT2D eigenvalue weighted by molar-refractivity contribution is 14.0. The summed E-state index contributed by atoms with van der Waals surface area (Å²) in [7, 11) is 1.83. The molecule has 5 heteroatoms. The zero-order valence-electron chi connectivity index (χ0n) is 12.7. The minimum absolute atomic E-state index is 0. The minimum Gasteiger partial charge on any atom is -0.356 e. The Hall–Kier alpha value is -1.08. The van der Waals surface area contributed by atoms with E-state index in [0.29, 0.717) is 12.0 Å². The predicted octanol–water partition coefficient (Wildman–Crippen LogP) is 3.63. The molecule has 0 saturated heterocycles. The molecular formula is C17H22IN3S. The number of nitrogens with one attached hydrogen (secondary N) is 2. The largest absolute Gasteiger partial charge is 0.356 e. The highest BCUT2D eigenvalue weighted by Gasteiger charge is 2.38. The molecule has 118 valence electrons. The summed E-state index contributed by atoms with van der Waals surface area (Å²) in [6.45, 7) is 0.920. The first kappa shape index (κ1) is 17.3. The van der Waals surface area contributed by atoms with E-state index in [9.17, 15) is 0 Å². The Kier molecular flexibility index (Phi) is 6.70. The second-order valence-electron chi connectivity index (χ2n) is 5.33. The Morgan fingerprint density at radius 1 is 1.23 bits per heavy atom. The van der Waals surface area contributed by atoms with Crippen LogP contribution in [0.1, 0.15) is 22.8 Å². The van der Waals surface area contributed by atoms with Crippen molar-refractivity contribution < 1.29 is 0 Å². The molecule has 0 radical (unpaired) electrons. The van der Waals surface area contributed by atoms with Crippen molar-refractivity contribution >= 4 is 41.3 Å². The lowest BCUT2D eigenvalue weighted by molar-refractivity contribution is 0.783. The molecule has 2 unspecified atom stereocenters. The highest BCUT2D eigenvalue weighted by Crippen LogP contribution is 2.40. The molecular weight excluding hydrogens is 405 g/mol. The molecule has 3 nitrogen and oxygen atoms in total. The molecule has 2 aromatic rings. The fourth-order valence-electron chi connectivity index (χ4n) is 2.55. The molecule has 1 saturated carbocycles. The minimum atomic E-state index is 0. The molecule has 22 heavy (non-hydrogen) atoms. The van der Waals surface area contributed by atoms with Gasteiger partial charge in [-0.1, -0.05) is 36.4 Å². The average Bonchev–Trinajstić information content (AvgIpc) is 3.10. The van der Waals surface area contributed by atoms with Crippen LogP contribution in [0.3, 0.4) is 0 Å². The maximum absolute atomic E-state index is 4.31. The number of aliphatic imine (C=N–C) groups is 1. The quantitative estimate of drug-likeness (QED) is 0.435. The zero-order valence-corrected chi connectivity index (χ0v) is 15.8. The Labute approximate surface area is 153 Å². The predicted molar refractivity (Wildman–Crippen MR) is 106 cm³/mol. The Morgan fingerprint density at radius 2 is 2.05 bits per heavy atom. The topological polar surface area (TPSA) is 36.4 Å². The van der Waals surface area contributed by atoms with Gasteiger partial charge in [0.05, 0.1) is 0 Å². The van der Waals surface area contributed by atoms with Gasteiger partial charge in [0.25, 0.3) is 0 Å². The Balaban J connectivity index is 0.00000176. The molecule has 0 bridgehead atoms. The molecule has 1 aliphatic rings. The Bertz CT molecular complexity index is 583. The van der Waals surface area contributed by atoms with E-state index in [4.69, 9.17) is 0 Å². The molecule has 1 aromatic heterocycles. The summed E-state index contributed by atoms with van der Waals surface area (Å²) in [5, 5.41) is 9.03. The van der Waals surface area contributed by atoms with Crippen molar-refractivity contribution in [3.05, 3.63) is 58.3 Å². The van der Waals surface area contributed by atoms with Gasteiger partial charge in [0.1, 0.15) is 0 Å². The van der Waals surface area contributed by atoms with E-state index in [1.54, 1.807) is 11.3 Å². The van der Waals surface area contributed by atoms with Gasteiger partial charge >= 0.3 is 0 Å². The molecule has 0 spiro atoms. The van der Waals surface area contributed by atoms with Crippen molar-refractivity contribution in [3.8, 4) is 0 Å². The lowest BCUT2D eigenvalue weighted by Crippen LogP contribution is -2.39. The normalized spacial score (nSPS) is 20.1. The van der Waals surface area contributed by atoms with Crippen LogP contribution in [0.25, 0.3) is 0 Å². The SMILES string of the molecule is CN=C(NCCc1cccs1)NC1CC1c1ccccc1.I. The van der Waals surface area contributed by atoms with Crippen LogP contribution in [-0.4, -0.2) is 25.6 Å². The third-order valence-corrected chi connectivity index (χ3v) is 4.74. The van der Waals surface area contributed by atoms with Crippen molar-refractivity contribution in [2.75, 3.05) is 13.6 Å². The van der Waals surface area contributed by atoms with Crippen LogP contribution in [0.2, 0.25) is 0 Å². The number of hydrogen-bond donors (Lipinski definition) is 2. The molecule has 1 heterocycles. The van der Waals surface area contributed by atoms with Crippen molar-refractivity contribution in [1.82, 2.24) is 10.6 Å². The van der Waals surface area contributed by atoms with E-state index in [0.717, 1.165) is 18.9 Å². The summed E-state index contributed by atoms with van der Waals surface area (Å²) in [4.78, 5) is 5.72. The maximum atomic E-state index is 4.31. The van der Waals surface area contributed by atoms with Crippen LogP contribution in [0.15, 0.2) is 52.8 Å². The Morgan fingerprint density at radius 3 is 2.73 bits per heavy atom. The van der Waals surface area contributed by atoms with Gasteiger partial charge < -0.3 is 10.6 Å². The summed E-state index contributed by atoms with van der Waals surface area (Å²) in [5.74, 6) is 1.54. The maximum Gasteiger partial charge on any atom is 0.191 e. The molecule has 1 aliphatic carbocycles. The number of guanidine groups is 1. The van der Waals surface area contributed by atoms with Crippen LogP contribution in [0, 0.1) is 0 Å². The first-order valence-electron chi connectivity index (χ1n) is 7.41. The van der Waals surface area contributed by atoms with Crippen molar-refractivity contribution in [1.29, 1.82) is 0 Å². The lowest BCUT2D eigenvalue weighted by Gasteiger charge is -2.11. The van der Waals surface area contributed by atoms with E-state index in [1.165, 1.54) is 16.9 Å². The molecule has 1 fully saturated rings. The van der Waals surface area contributed by atoms with E-state index >= 15 is 0 Å². The monoisotopic (exact) mass is 427 g/mol. The zero-order chi connectivity index (χ0) is 14.5. The van der Waals surface area contributed by atoms with E-state index in [1.807, 2.05) is 7.05 Å². The number of halogens is 1. The van der Waals surface area contributed by atoms with E-state index in [2.05, 4.69) is 63.5 Å². The molecule has 3 rings (SSSR count). The van der Waals surface area contributed by atoms with Gasteiger partial charge in [-0.3, -0.25) is 4.99 Å². The molecule has 2 N–H and O–H groups in total. The second-order valence-corrected chi connectivity index (χ2v) is 6.36. The molecule has 1 aromatic carbocycles. The summed E-state index contributed by atoms with van der Waals surface area (Å²) >= 11 is 1.81. The van der Waals surface area contributed by atoms with Crippen LogP contribution in [0.4, 0.5) is 0 Å². The smallest absolute Gasteiger partial charge is 0.191 e. The number of benzene rings is 1. The molecule has 0 aliphatic heterocycles. The fourth-order valence-corrected chi connectivity index (χ4v) is 3.26. The van der Waals surface area contributed by atoms with Gasteiger partial charge in [-0.25, -0.2) is 0 Å². The standard InChI is InChI=1S/C17H21N3S.HI/c1-18-17(19-10-9-14-8-5-11-21-14)20-16-12-15(16)13-6-3-2-4-7-13;/h2-8,11,15-16H,9-10,12H2,1H3,(H2,18,19,20);1H. The van der Waals surface area contributed by atoms with E-state index in [-0.39, 0.29) is 24.0 Å². The van der Waals surface area contributed by atoms with Crippen LogP contribution < -0.4 is 10.6 Å². The summed E-state index contributed by atoms with van der Waals surface area (Å²) in [6, 6.07) is 15.5. The number of rotatable bonds is 5. The number of hydrogen-bond acceptors (Lipinski definition) is 2. The number of nitrogens with zero attached hydrogens (tertiary/aromatic N) is 1. The fraction of sp³-hybridized carbons (Fsp3) is 0.353. The van der Waals surface area contributed by atoms with Gasteiger partial charge in [0.2, 0.25) is 0 Å². The van der Waals surface area contributed by atoms with Crippen LogP contribution in [-0.2, 0) is 6.42 Å². The molecule has 0 amide bonds. The third kappa shape index (κ3) is 4.71. The van der Waals surface area contributed by atoms with Crippen molar-refractivity contribution in [3.63, 3.8) is 0 Å². The van der Waals surface area contributed by atoms with Gasteiger partial charge in [-0.2, -0.15) is 0 Å². The summed E-state index contributed by atoms with van der Waals surface area (Å²) in [5.41, 5.74) is 1.42. The van der Waals surface area contributed by atoms with Crippen LogP contribution >= 0.6 is 35.3 Å². The number of thiophene rings is 1. The average molecular weight is 427 g/mol. The van der Waals surface area contributed by atoms with Gasteiger partial charge in [0, 0.05) is 30.4 Å². The van der Waals surface area contributed by atoms with Crippen molar-refractivity contribution in [2.24, 2.45) is 4.99 Å². The third-order valence-electron chi connectivity index (χ3n) is 3.81. The first-order valence-corrected chi connectivity index (χ1v) is 8.29. The summed E-state index contributed by atoms with van der Waals surface area (Å²) < 4.78 is 0. The van der Waals surface area contributed by atoms with Crippen molar-refractivity contribution in [2.45, 2.75) is 24.8 Å². The summed E-state index contributed by atoms with van der Waals surface area (Å²) in [6.07, 6.45) is 2.24. The first-order chi connectivity index (χ1) is 10.4. The van der Waals surface area contributed by atoms with E-state index < -0.39 is 0 Å². The van der Waals surface area contributed by atoms with Crippen LogP contribution in [0.5, 0.6) is 0 Å². The lowest BCUT2D eigenvalue weighted by atomic mass is 10.1.